The van der Waals surface area contributed by atoms with E-state index in [1.165, 1.54) is 27.4 Å². The van der Waals surface area contributed by atoms with Crippen LogP contribution in [0.2, 0.25) is 0 Å². The maximum atomic E-state index is 12.0. The lowest BCUT2D eigenvalue weighted by molar-refractivity contribution is 0.251. The van der Waals surface area contributed by atoms with Crippen LogP contribution in [-0.4, -0.2) is 47.6 Å². The molecule has 0 bridgehead atoms. The Bertz CT molecular complexity index is 704. The van der Waals surface area contributed by atoms with Crippen molar-refractivity contribution in [3.8, 4) is 17.2 Å². The lowest BCUT2D eigenvalue weighted by atomic mass is 10.2. The van der Waals surface area contributed by atoms with Crippen molar-refractivity contribution in [1.29, 1.82) is 0 Å². The lowest BCUT2D eigenvalue weighted by Crippen LogP contribution is -2.38. The van der Waals surface area contributed by atoms with Crippen molar-refractivity contribution in [2.24, 2.45) is 0 Å². The van der Waals surface area contributed by atoms with Gasteiger partial charge >= 0.3 is 6.03 Å². The molecular weight excluding hydrogens is 324 g/mol. The van der Waals surface area contributed by atoms with E-state index in [0.717, 1.165) is 5.41 Å². The fourth-order valence-electron chi connectivity index (χ4n) is 2.15. The van der Waals surface area contributed by atoms with Gasteiger partial charge in [0.2, 0.25) is 5.75 Å². The smallest absolute Gasteiger partial charge is 0.319 e. The molecule has 1 aromatic rings. The van der Waals surface area contributed by atoms with Gasteiger partial charge in [-0.15, -0.1) is 0 Å². The summed E-state index contributed by atoms with van der Waals surface area (Å²) in [7, 11) is 1.19. The molecule has 1 aromatic carbocycles. The summed E-state index contributed by atoms with van der Waals surface area (Å²) in [5.74, 6) is 1.05. The predicted octanol–water partition coefficient (Wildman–Crippen LogP) is 1.14. The molecule has 0 unspecified atom stereocenters. The Hall–Kier alpha value is -2.42. The third-order valence-corrected chi connectivity index (χ3v) is 4.56. The summed E-state index contributed by atoms with van der Waals surface area (Å²) in [5, 5.41) is 6.25. The minimum absolute atomic E-state index is 0.143. The Balaban J connectivity index is 2.10. The summed E-state index contributed by atoms with van der Waals surface area (Å²) in [4.78, 5) is 12.0. The van der Waals surface area contributed by atoms with Crippen LogP contribution in [0.15, 0.2) is 23.6 Å². The van der Waals surface area contributed by atoms with Gasteiger partial charge in [-0.2, -0.15) is 0 Å². The summed E-state index contributed by atoms with van der Waals surface area (Å²) in [6, 6.07) is 2.05. The van der Waals surface area contributed by atoms with E-state index in [4.69, 9.17) is 14.2 Å². The minimum Gasteiger partial charge on any atom is -0.493 e. The molecule has 1 atom stereocenters. The molecule has 2 N–H and O–H groups in total. The lowest BCUT2D eigenvalue weighted by Gasteiger charge is -2.15. The van der Waals surface area contributed by atoms with Gasteiger partial charge in [-0.25, -0.2) is 13.2 Å². The minimum atomic E-state index is -3.22. The molecule has 9 heteroatoms. The average molecular weight is 342 g/mol. The largest absolute Gasteiger partial charge is 0.493 e. The third-order valence-electron chi connectivity index (χ3n) is 3.17. The number of urea groups is 1. The first-order valence-corrected chi connectivity index (χ1v) is 8.38. The monoisotopic (exact) mass is 342 g/mol. The van der Waals surface area contributed by atoms with Gasteiger partial charge in [-0.05, 0) is 6.08 Å². The van der Waals surface area contributed by atoms with E-state index in [-0.39, 0.29) is 5.75 Å². The molecular formula is C14H18N2O6S. The normalized spacial score (nSPS) is 18.3. The highest BCUT2D eigenvalue weighted by molar-refractivity contribution is 7.94. The summed E-state index contributed by atoms with van der Waals surface area (Å²) < 4.78 is 38.2. The molecule has 0 aromatic heterocycles. The summed E-state index contributed by atoms with van der Waals surface area (Å²) in [6.07, 6.45) is 1.43. The summed E-state index contributed by atoms with van der Waals surface area (Å²) in [5.41, 5.74) is 0.418. The maximum Gasteiger partial charge on any atom is 0.319 e. The van der Waals surface area contributed by atoms with Crippen molar-refractivity contribution in [2.75, 3.05) is 32.4 Å². The van der Waals surface area contributed by atoms with Crippen LogP contribution in [0.4, 0.5) is 10.5 Å². The van der Waals surface area contributed by atoms with Crippen molar-refractivity contribution in [1.82, 2.24) is 5.32 Å². The van der Waals surface area contributed by atoms with Crippen molar-refractivity contribution in [3.63, 3.8) is 0 Å². The highest BCUT2D eigenvalue weighted by Crippen LogP contribution is 2.39. The number of hydrogen-bond acceptors (Lipinski definition) is 6. The molecule has 1 heterocycles. The Kier molecular flexibility index (Phi) is 4.99. The number of carbonyl (C=O) groups excluding carboxylic acids is 1. The van der Waals surface area contributed by atoms with Crippen LogP contribution in [0.3, 0.4) is 0 Å². The van der Waals surface area contributed by atoms with E-state index < -0.39 is 21.9 Å². The highest BCUT2D eigenvalue weighted by Gasteiger charge is 2.23. The molecule has 2 rings (SSSR count). The van der Waals surface area contributed by atoms with E-state index in [2.05, 4.69) is 10.6 Å². The number of ether oxygens (including phenoxy) is 3. The molecule has 126 valence electrons. The number of amides is 2. The second-order valence-electron chi connectivity index (χ2n) is 4.78. The standard InChI is InChI=1S/C14H18N2O6S/c1-20-11-6-10(7-12(21-2)13(11)22-3)16-14(17)15-9-4-5-23(18,19)8-9/h4-7,9H,8H2,1-3H3,(H2,15,16,17)/t9-/m0/s1. The fraction of sp³-hybridized carbons (Fsp3) is 0.357. The highest BCUT2D eigenvalue weighted by atomic mass is 32.2. The number of sulfone groups is 1. The zero-order chi connectivity index (χ0) is 17.0. The van der Waals surface area contributed by atoms with Gasteiger partial charge in [-0.1, -0.05) is 0 Å². The van der Waals surface area contributed by atoms with E-state index in [0.29, 0.717) is 22.9 Å². The van der Waals surface area contributed by atoms with Gasteiger partial charge in [0, 0.05) is 17.5 Å². The first kappa shape index (κ1) is 16.9. The van der Waals surface area contributed by atoms with Crippen LogP contribution in [0.5, 0.6) is 17.2 Å². The number of methoxy groups -OCH3 is 3. The third kappa shape index (κ3) is 4.07. The Morgan fingerprint density at radius 3 is 2.17 bits per heavy atom. The SMILES string of the molecule is COc1cc(NC(=O)N[C@H]2C=CS(=O)(=O)C2)cc(OC)c1OC. The van der Waals surface area contributed by atoms with Crippen LogP contribution < -0.4 is 24.8 Å². The molecule has 0 fully saturated rings. The van der Waals surface area contributed by atoms with Crippen molar-refractivity contribution in [2.45, 2.75) is 6.04 Å². The molecule has 2 amide bonds. The van der Waals surface area contributed by atoms with E-state index in [9.17, 15) is 13.2 Å². The van der Waals surface area contributed by atoms with Gasteiger partial charge in [0.1, 0.15) is 0 Å². The van der Waals surface area contributed by atoms with Crippen LogP contribution in [0.1, 0.15) is 0 Å². The number of anilines is 1. The number of carbonyl (C=O) groups is 1. The molecule has 0 spiro atoms. The number of rotatable bonds is 5. The van der Waals surface area contributed by atoms with Crippen LogP contribution >= 0.6 is 0 Å². The van der Waals surface area contributed by atoms with Crippen molar-refractivity contribution in [3.05, 3.63) is 23.6 Å². The van der Waals surface area contributed by atoms with Crippen LogP contribution in [0.25, 0.3) is 0 Å². The molecule has 0 saturated carbocycles. The fourth-order valence-corrected chi connectivity index (χ4v) is 3.39. The van der Waals surface area contributed by atoms with Gasteiger partial charge in [0.25, 0.3) is 0 Å². The number of benzene rings is 1. The van der Waals surface area contributed by atoms with E-state index >= 15 is 0 Å². The first-order chi connectivity index (χ1) is 10.9. The van der Waals surface area contributed by atoms with Gasteiger partial charge in [0.05, 0.1) is 38.8 Å². The first-order valence-electron chi connectivity index (χ1n) is 6.67. The quantitative estimate of drug-likeness (QED) is 0.832. The maximum absolute atomic E-state index is 12.0. The molecule has 0 saturated heterocycles. The van der Waals surface area contributed by atoms with Crippen molar-refractivity contribution < 1.29 is 27.4 Å². The Morgan fingerprint density at radius 1 is 1.13 bits per heavy atom. The second kappa shape index (κ2) is 6.78. The van der Waals surface area contributed by atoms with Gasteiger partial charge < -0.3 is 24.8 Å². The topological polar surface area (TPSA) is 103 Å². The van der Waals surface area contributed by atoms with E-state index in [1.807, 2.05) is 0 Å². The summed E-state index contributed by atoms with van der Waals surface area (Å²) >= 11 is 0. The molecule has 23 heavy (non-hydrogen) atoms. The zero-order valence-corrected chi connectivity index (χ0v) is 13.8. The molecule has 1 aliphatic heterocycles. The van der Waals surface area contributed by atoms with Gasteiger partial charge in [-0.3, -0.25) is 0 Å². The predicted molar refractivity (Wildman–Crippen MR) is 85.0 cm³/mol. The summed E-state index contributed by atoms with van der Waals surface area (Å²) in [6.45, 7) is 0. The molecule has 8 nitrogen and oxygen atoms in total. The van der Waals surface area contributed by atoms with Crippen LogP contribution in [-0.2, 0) is 9.84 Å². The van der Waals surface area contributed by atoms with E-state index in [1.54, 1.807) is 12.1 Å². The number of nitrogens with one attached hydrogen (secondary N) is 2. The second-order valence-corrected chi connectivity index (χ2v) is 6.71. The van der Waals surface area contributed by atoms with Gasteiger partial charge in [0.15, 0.2) is 21.3 Å². The van der Waals surface area contributed by atoms with Crippen molar-refractivity contribution >= 4 is 21.6 Å². The Labute approximate surface area is 134 Å². The number of hydrogen-bond donors (Lipinski definition) is 2. The molecule has 0 aliphatic carbocycles. The zero-order valence-electron chi connectivity index (χ0n) is 13.0. The molecule has 1 aliphatic rings. The Morgan fingerprint density at radius 2 is 1.74 bits per heavy atom. The average Bonchev–Trinajstić information content (AvgIpc) is 2.84. The van der Waals surface area contributed by atoms with Crippen LogP contribution in [0, 0.1) is 0 Å². The molecule has 0 radical (unpaired) electrons.